The minimum atomic E-state index is -0.147. The summed E-state index contributed by atoms with van der Waals surface area (Å²) >= 11 is 0. The molecule has 1 fully saturated rings. The van der Waals surface area contributed by atoms with Gasteiger partial charge in [-0.3, -0.25) is 4.79 Å². The SMILES string of the molecule is CCC(CC)N(CCO)C(=O)c1cn(C2CNC2)nn1. The third-order valence-electron chi connectivity index (χ3n) is 3.85. The average Bonchev–Trinajstić information content (AvgIpc) is 2.85. The molecule has 7 nitrogen and oxygen atoms in total. The van der Waals surface area contributed by atoms with Crippen LogP contribution in [0.25, 0.3) is 0 Å². The third kappa shape index (κ3) is 2.99. The number of aliphatic hydroxyl groups is 1. The van der Waals surface area contributed by atoms with Gasteiger partial charge in [0.05, 0.1) is 18.8 Å². The monoisotopic (exact) mass is 281 g/mol. The first-order chi connectivity index (χ1) is 9.71. The summed E-state index contributed by atoms with van der Waals surface area (Å²) in [6.07, 6.45) is 3.44. The number of nitrogens with one attached hydrogen (secondary N) is 1. The Bertz CT molecular complexity index is 440. The zero-order valence-electron chi connectivity index (χ0n) is 12.1. The Balaban J connectivity index is 2.11. The third-order valence-corrected chi connectivity index (χ3v) is 3.85. The average molecular weight is 281 g/mol. The molecule has 1 aromatic heterocycles. The minimum Gasteiger partial charge on any atom is -0.395 e. The van der Waals surface area contributed by atoms with Crippen molar-refractivity contribution in [2.24, 2.45) is 0 Å². The molecule has 0 radical (unpaired) electrons. The molecule has 20 heavy (non-hydrogen) atoms. The lowest BCUT2D eigenvalue weighted by Gasteiger charge is -2.29. The van der Waals surface area contributed by atoms with E-state index in [-0.39, 0.29) is 18.6 Å². The van der Waals surface area contributed by atoms with Gasteiger partial charge in [0, 0.05) is 25.7 Å². The summed E-state index contributed by atoms with van der Waals surface area (Å²) in [7, 11) is 0. The molecule has 1 aliphatic heterocycles. The smallest absolute Gasteiger partial charge is 0.276 e. The Hall–Kier alpha value is -1.47. The van der Waals surface area contributed by atoms with Crippen molar-refractivity contribution in [2.75, 3.05) is 26.2 Å². The van der Waals surface area contributed by atoms with Crippen LogP contribution in [0.15, 0.2) is 6.20 Å². The molecule has 1 saturated heterocycles. The summed E-state index contributed by atoms with van der Waals surface area (Å²) in [5.74, 6) is -0.147. The molecule has 2 heterocycles. The second-order valence-electron chi connectivity index (χ2n) is 5.09. The maximum Gasteiger partial charge on any atom is 0.276 e. The highest BCUT2D eigenvalue weighted by Gasteiger charge is 2.26. The molecule has 1 aliphatic rings. The van der Waals surface area contributed by atoms with E-state index in [1.807, 2.05) is 13.8 Å². The summed E-state index contributed by atoms with van der Waals surface area (Å²) in [6, 6.07) is 0.425. The summed E-state index contributed by atoms with van der Waals surface area (Å²) in [4.78, 5) is 14.2. The van der Waals surface area contributed by atoms with Crippen LogP contribution in [0.1, 0.15) is 43.2 Å². The predicted molar refractivity (Wildman–Crippen MR) is 74.4 cm³/mol. The number of hydrogen-bond donors (Lipinski definition) is 2. The second kappa shape index (κ2) is 6.81. The van der Waals surface area contributed by atoms with Crippen LogP contribution in [0, 0.1) is 0 Å². The zero-order chi connectivity index (χ0) is 14.5. The minimum absolute atomic E-state index is 0.0388. The van der Waals surface area contributed by atoms with E-state index >= 15 is 0 Å². The van der Waals surface area contributed by atoms with E-state index in [2.05, 4.69) is 15.6 Å². The summed E-state index contributed by atoms with van der Waals surface area (Å²) < 4.78 is 1.74. The van der Waals surface area contributed by atoms with Crippen molar-refractivity contribution in [1.29, 1.82) is 0 Å². The van der Waals surface area contributed by atoms with Crippen LogP contribution >= 0.6 is 0 Å². The maximum atomic E-state index is 12.5. The number of amides is 1. The number of carbonyl (C=O) groups excluding carboxylic acids is 1. The van der Waals surface area contributed by atoms with Crippen molar-refractivity contribution in [3.05, 3.63) is 11.9 Å². The van der Waals surface area contributed by atoms with Gasteiger partial charge in [-0.1, -0.05) is 19.1 Å². The molecule has 0 aromatic carbocycles. The van der Waals surface area contributed by atoms with Gasteiger partial charge < -0.3 is 15.3 Å². The molecule has 7 heteroatoms. The van der Waals surface area contributed by atoms with E-state index in [1.54, 1.807) is 15.8 Å². The quantitative estimate of drug-likeness (QED) is 0.737. The van der Waals surface area contributed by atoms with Gasteiger partial charge in [-0.25, -0.2) is 4.68 Å². The van der Waals surface area contributed by atoms with Crippen molar-refractivity contribution in [3.8, 4) is 0 Å². The molecule has 1 amide bonds. The highest BCUT2D eigenvalue weighted by Crippen LogP contribution is 2.14. The lowest BCUT2D eigenvalue weighted by Crippen LogP contribution is -2.43. The van der Waals surface area contributed by atoms with E-state index in [9.17, 15) is 4.79 Å². The van der Waals surface area contributed by atoms with Gasteiger partial charge >= 0.3 is 0 Å². The first kappa shape index (κ1) is 14.9. The largest absolute Gasteiger partial charge is 0.395 e. The Morgan fingerprint density at radius 1 is 1.55 bits per heavy atom. The number of carbonyl (C=O) groups is 1. The van der Waals surface area contributed by atoms with Crippen molar-refractivity contribution in [3.63, 3.8) is 0 Å². The number of nitrogens with zero attached hydrogens (tertiary/aromatic N) is 4. The summed E-state index contributed by atoms with van der Waals surface area (Å²) in [5, 5.41) is 20.3. The van der Waals surface area contributed by atoms with E-state index in [0.717, 1.165) is 25.9 Å². The van der Waals surface area contributed by atoms with Crippen molar-refractivity contribution in [1.82, 2.24) is 25.2 Å². The first-order valence-electron chi connectivity index (χ1n) is 7.25. The normalized spacial score (nSPS) is 15.4. The standard InChI is InChI=1S/C13H23N5O2/c1-3-10(4-2)17(5-6-19)13(20)12-9-18(16-15-12)11-7-14-8-11/h9-11,14,19H,3-8H2,1-2H3. The molecule has 2 N–H and O–H groups in total. The maximum absolute atomic E-state index is 12.5. The molecule has 0 unspecified atom stereocenters. The van der Waals surface area contributed by atoms with E-state index in [0.29, 0.717) is 18.3 Å². The van der Waals surface area contributed by atoms with Crippen molar-refractivity contribution < 1.29 is 9.90 Å². The van der Waals surface area contributed by atoms with Gasteiger partial charge in [0.1, 0.15) is 0 Å². The molecule has 0 spiro atoms. The topological polar surface area (TPSA) is 83.3 Å². The molecule has 2 rings (SSSR count). The number of hydrogen-bond acceptors (Lipinski definition) is 5. The van der Waals surface area contributed by atoms with Crippen LogP contribution in [-0.2, 0) is 0 Å². The Morgan fingerprint density at radius 2 is 2.25 bits per heavy atom. The van der Waals surface area contributed by atoms with Crippen LogP contribution in [0.4, 0.5) is 0 Å². The first-order valence-corrected chi connectivity index (χ1v) is 7.25. The fourth-order valence-electron chi connectivity index (χ4n) is 2.45. The fraction of sp³-hybridized carbons (Fsp3) is 0.769. The van der Waals surface area contributed by atoms with E-state index in [1.165, 1.54) is 0 Å². The van der Waals surface area contributed by atoms with Gasteiger partial charge in [0.2, 0.25) is 0 Å². The molecule has 0 aliphatic carbocycles. The van der Waals surface area contributed by atoms with Gasteiger partial charge in [-0.2, -0.15) is 0 Å². The number of aliphatic hydroxyl groups excluding tert-OH is 1. The van der Waals surface area contributed by atoms with Gasteiger partial charge in [0.15, 0.2) is 5.69 Å². The molecule has 1 aromatic rings. The van der Waals surface area contributed by atoms with Gasteiger partial charge in [-0.15, -0.1) is 5.10 Å². The van der Waals surface area contributed by atoms with E-state index in [4.69, 9.17) is 5.11 Å². The second-order valence-corrected chi connectivity index (χ2v) is 5.09. The lowest BCUT2D eigenvalue weighted by molar-refractivity contribution is 0.0616. The number of rotatable bonds is 7. The molecular weight excluding hydrogens is 258 g/mol. The Kier molecular flexibility index (Phi) is 5.08. The van der Waals surface area contributed by atoms with Gasteiger partial charge in [-0.05, 0) is 12.8 Å². The molecule has 0 saturated carbocycles. The molecule has 112 valence electrons. The molecule has 0 bridgehead atoms. The van der Waals surface area contributed by atoms with Crippen LogP contribution < -0.4 is 5.32 Å². The highest BCUT2D eigenvalue weighted by atomic mass is 16.3. The lowest BCUT2D eigenvalue weighted by atomic mass is 10.1. The zero-order valence-corrected chi connectivity index (χ0v) is 12.1. The van der Waals surface area contributed by atoms with E-state index < -0.39 is 0 Å². The Labute approximate surface area is 119 Å². The molecule has 0 atom stereocenters. The molecular formula is C13H23N5O2. The van der Waals surface area contributed by atoms with Crippen molar-refractivity contribution in [2.45, 2.75) is 38.8 Å². The summed E-state index contributed by atoms with van der Waals surface area (Å²) in [6.45, 7) is 6.12. The number of aromatic nitrogens is 3. The van der Waals surface area contributed by atoms with Crippen LogP contribution in [-0.4, -0.2) is 63.2 Å². The van der Waals surface area contributed by atoms with Crippen LogP contribution in [0.2, 0.25) is 0 Å². The van der Waals surface area contributed by atoms with Crippen molar-refractivity contribution >= 4 is 5.91 Å². The Morgan fingerprint density at radius 3 is 2.75 bits per heavy atom. The summed E-state index contributed by atoms with van der Waals surface area (Å²) in [5.41, 5.74) is 0.359. The predicted octanol–water partition coefficient (Wildman–Crippen LogP) is 0.0455. The van der Waals surface area contributed by atoms with Crippen LogP contribution in [0.3, 0.4) is 0 Å². The van der Waals surface area contributed by atoms with Gasteiger partial charge in [0.25, 0.3) is 5.91 Å². The fourth-order valence-corrected chi connectivity index (χ4v) is 2.45. The highest BCUT2D eigenvalue weighted by molar-refractivity contribution is 5.92. The van der Waals surface area contributed by atoms with Crippen LogP contribution in [0.5, 0.6) is 0 Å².